The Morgan fingerprint density at radius 2 is 1.92 bits per heavy atom. The summed E-state index contributed by atoms with van der Waals surface area (Å²) in [6.45, 7) is 2.42. The normalized spacial score (nSPS) is 20.6. The summed E-state index contributed by atoms with van der Waals surface area (Å²) in [6.07, 6.45) is 1.06. The lowest BCUT2D eigenvalue weighted by atomic mass is 10.1. The molecule has 0 saturated carbocycles. The molecule has 1 N–H and O–H groups in total. The quantitative estimate of drug-likeness (QED) is 0.746. The van der Waals surface area contributed by atoms with Gasteiger partial charge in [-0.1, -0.05) is 42.8 Å². The minimum absolute atomic E-state index is 0.271. The van der Waals surface area contributed by atoms with E-state index in [-0.39, 0.29) is 6.61 Å². The van der Waals surface area contributed by atoms with Gasteiger partial charge in [-0.15, -0.1) is 0 Å². The Kier molecular flexibility index (Phi) is 2.19. The average Bonchev–Trinajstić information content (AvgIpc) is 2.92. The van der Waals surface area contributed by atoms with Gasteiger partial charge in [-0.2, -0.15) is 0 Å². The van der Waals surface area contributed by atoms with Crippen molar-refractivity contribution in [2.24, 2.45) is 5.92 Å². The molecule has 0 heterocycles. The van der Waals surface area contributed by atoms with Gasteiger partial charge in [0.15, 0.2) is 0 Å². The van der Waals surface area contributed by atoms with E-state index in [1.807, 2.05) is 18.2 Å². The van der Waals surface area contributed by atoms with Crippen LogP contribution in [0.25, 0.3) is 5.57 Å². The van der Waals surface area contributed by atoms with Crippen LogP contribution in [-0.2, 0) is 0 Å². The number of rotatable bonds is 3. The van der Waals surface area contributed by atoms with Gasteiger partial charge >= 0.3 is 0 Å². The second-order valence-electron chi connectivity index (χ2n) is 3.39. The summed E-state index contributed by atoms with van der Waals surface area (Å²) in [6, 6.07) is 10.3. The topological polar surface area (TPSA) is 20.2 Å². The lowest BCUT2D eigenvalue weighted by Gasteiger charge is -1.95. The number of aliphatic hydroxyl groups excluding tert-OH is 1. The van der Waals surface area contributed by atoms with Gasteiger partial charge in [-0.3, -0.25) is 0 Å². The van der Waals surface area contributed by atoms with Crippen LogP contribution in [0, 0.1) is 5.92 Å². The maximum atomic E-state index is 9.10. The SMILES string of the molecule is CCC1=C(c2ccccc2)C1CO. The summed E-state index contributed by atoms with van der Waals surface area (Å²) in [7, 11) is 0. The highest BCUT2D eigenvalue weighted by atomic mass is 16.3. The zero-order valence-electron chi connectivity index (χ0n) is 7.83. The standard InChI is InChI=1S/C12H14O/c1-2-10-11(8-13)12(10)9-6-4-3-5-7-9/h3-7,11,13H,2,8H2,1H3. The summed E-state index contributed by atoms with van der Waals surface area (Å²) in [5.74, 6) is 0.354. The highest BCUT2D eigenvalue weighted by molar-refractivity contribution is 5.85. The van der Waals surface area contributed by atoms with Crippen molar-refractivity contribution in [1.29, 1.82) is 0 Å². The number of hydrogen-bond donors (Lipinski definition) is 1. The van der Waals surface area contributed by atoms with Crippen LogP contribution in [0.5, 0.6) is 0 Å². The Morgan fingerprint density at radius 3 is 2.38 bits per heavy atom. The lowest BCUT2D eigenvalue weighted by molar-refractivity contribution is 0.284. The molecule has 1 heteroatoms. The average molecular weight is 174 g/mol. The number of aliphatic hydroxyl groups is 1. The van der Waals surface area contributed by atoms with E-state index in [0.717, 1.165) is 6.42 Å². The minimum atomic E-state index is 0.271. The molecule has 0 aliphatic heterocycles. The third kappa shape index (κ3) is 1.40. The fourth-order valence-electron chi connectivity index (χ4n) is 1.96. The van der Waals surface area contributed by atoms with Crippen LogP contribution in [0.1, 0.15) is 18.9 Å². The first-order chi connectivity index (χ1) is 6.38. The molecule has 68 valence electrons. The first kappa shape index (κ1) is 8.52. The van der Waals surface area contributed by atoms with E-state index in [1.165, 1.54) is 16.7 Å². The van der Waals surface area contributed by atoms with E-state index >= 15 is 0 Å². The lowest BCUT2D eigenvalue weighted by Crippen LogP contribution is -1.90. The van der Waals surface area contributed by atoms with Gasteiger partial charge in [-0.25, -0.2) is 0 Å². The molecule has 1 aromatic carbocycles. The number of hydrogen-bond acceptors (Lipinski definition) is 1. The molecule has 1 atom stereocenters. The van der Waals surface area contributed by atoms with Crippen molar-refractivity contribution >= 4 is 5.57 Å². The largest absolute Gasteiger partial charge is 0.395 e. The molecule has 0 fully saturated rings. The van der Waals surface area contributed by atoms with Crippen LogP contribution in [0.15, 0.2) is 35.9 Å². The summed E-state index contributed by atoms with van der Waals surface area (Å²) in [4.78, 5) is 0. The van der Waals surface area contributed by atoms with Crippen LogP contribution >= 0.6 is 0 Å². The van der Waals surface area contributed by atoms with E-state index in [1.54, 1.807) is 0 Å². The molecule has 0 aromatic heterocycles. The Balaban J connectivity index is 2.24. The second-order valence-corrected chi connectivity index (χ2v) is 3.39. The van der Waals surface area contributed by atoms with Gasteiger partial charge in [0.2, 0.25) is 0 Å². The molecule has 1 aromatic rings. The molecule has 2 rings (SSSR count). The zero-order chi connectivity index (χ0) is 9.26. The van der Waals surface area contributed by atoms with Gasteiger partial charge in [0.1, 0.15) is 0 Å². The van der Waals surface area contributed by atoms with Crippen LogP contribution < -0.4 is 0 Å². The van der Waals surface area contributed by atoms with Crippen LogP contribution in [0.3, 0.4) is 0 Å². The van der Waals surface area contributed by atoms with Crippen LogP contribution in [0.4, 0.5) is 0 Å². The second kappa shape index (κ2) is 3.35. The third-order valence-electron chi connectivity index (χ3n) is 2.68. The summed E-state index contributed by atoms with van der Waals surface area (Å²) < 4.78 is 0. The molecule has 0 spiro atoms. The van der Waals surface area contributed by atoms with E-state index < -0.39 is 0 Å². The maximum Gasteiger partial charge on any atom is 0.0537 e. The smallest absolute Gasteiger partial charge is 0.0537 e. The molecule has 0 radical (unpaired) electrons. The molecule has 0 saturated heterocycles. The third-order valence-corrected chi connectivity index (χ3v) is 2.68. The summed E-state index contributed by atoms with van der Waals surface area (Å²) >= 11 is 0. The van der Waals surface area contributed by atoms with E-state index in [2.05, 4.69) is 19.1 Å². The maximum absolute atomic E-state index is 9.10. The first-order valence-electron chi connectivity index (χ1n) is 4.77. The molecular formula is C12H14O. The van der Waals surface area contributed by atoms with Gasteiger partial charge < -0.3 is 5.11 Å². The molecule has 1 aliphatic carbocycles. The highest BCUT2D eigenvalue weighted by Gasteiger charge is 2.34. The molecular weight excluding hydrogens is 160 g/mol. The van der Waals surface area contributed by atoms with Gasteiger partial charge in [-0.05, 0) is 17.6 Å². The first-order valence-corrected chi connectivity index (χ1v) is 4.77. The monoisotopic (exact) mass is 174 g/mol. The van der Waals surface area contributed by atoms with Gasteiger partial charge in [0.05, 0.1) is 6.61 Å². The van der Waals surface area contributed by atoms with E-state index in [0.29, 0.717) is 5.92 Å². The van der Waals surface area contributed by atoms with E-state index in [4.69, 9.17) is 5.11 Å². The predicted molar refractivity (Wildman–Crippen MR) is 54.2 cm³/mol. The molecule has 1 unspecified atom stereocenters. The van der Waals surface area contributed by atoms with Gasteiger partial charge in [0.25, 0.3) is 0 Å². The molecule has 0 bridgehead atoms. The van der Waals surface area contributed by atoms with Gasteiger partial charge in [0, 0.05) is 5.92 Å². The van der Waals surface area contributed by atoms with Crippen molar-refractivity contribution in [3.05, 3.63) is 41.5 Å². The number of benzene rings is 1. The summed E-state index contributed by atoms with van der Waals surface area (Å²) in [5.41, 5.74) is 4.07. The van der Waals surface area contributed by atoms with Crippen LogP contribution in [0.2, 0.25) is 0 Å². The van der Waals surface area contributed by atoms with Crippen LogP contribution in [-0.4, -0.2) is 11.7 Å². The van der Waals surface area contributed by atoms with E-state index in [9.17, 15) is 0 Å². The Bertz CT molecular complexity index is 324. The molecule has 1 aliphatic rings. The molecule has 1 nitrogen and oxygen atoms in total. The molecule has 0 amide bonds. The Labute approximate surface area is 78.7 Å². The molecule has 13 heavy (non-hydrogen) atoms. The van der Waals surface area contributed by atoms with Crippen molar-refractivity contribution in [2.45, 2.75) is 13.3 Å². The van der Waals surface area contributed by atoms with Crippen molar-refractivity contribution in [3.63, 3.8) is 0 Å². The van der Waals surface area contributed by atoms with Crippen molar-refractivity contribution < 1.29 is 5.11 Å². The van der Waals surface area contributed by atoms with Crippen molar-refractivity contribution in [1.82, 2.24) is 0 Å². The minimum Gasteiger partial charge on any atom is -0.395 e. The predicted octanol–water partition coefficient (Wildman–Crippen LogP) is 2.47. The summed E-state index contributed by atoms with van der Waals surface area (Å²) in [5, 5.41) is 9.10. The highest BCUT2D eigenvalue weighted by Crippen LogP contribution is 2.47. The Hall–Kier alpha value is -1.08. The fourth-order valence-corrected chi connectivity index (χ4v) is 1.96. The fraction of sp³-hybridized carbons (Fsp3) is 0.333. The zero-order valence-corrected chi connectivity index (χ0v) is 7.83. The van der Waals surface area contributed by atoms with Crippen molar-refractivity contribution in [2.75, 3.05) is 6.61 Å². The Morgan fingerprint density at radius 1 is 1.23 bits per heavy atom. The van der Waals surface area contributed by atoms with Crippen molar-refractivity contribution in [3.8, 4) is 0 Å².